The fraction of sp³-hybridized carbons (Fsp3) is 0.188. The minimum absolute atomic E-state index is 0.0615. The van der Waals surface area contributed by atoms with Gasteiger partial charge >= 0.3 is 0 Å². The summed E-state index contributed by atoms with van der Waals surface area (Å²) in [5, 5.41) is 4.27. The first-order valence-electron chi connectivity index (χ1n) is 6.45. The maximum atomic E-state index is 12.3. The number of carbonyl (C=O) groups is 1. The predicted molar refractivity (Wildman–Crippen MR) is 83.4 cm³/mol. The molecule has 0 fully saturated rings. The Balaban J connectivity index is 2.19. The van der Waals surface area contributed by atoms with Crippen molar-refractivity contribution >= 4 is 22.9 Å². The van der Waals surface area contributed by atoms with Gasteiger partial charge in [-0.15, -0.1) is 0 Å². The molecule has 0 saturated carbocycles. The van der Waals surface area contributed by atoms with Crippen molar-refractivity contribution in [2.45, 2.75) is 13.3 Å². The predicted octanol–water partition coefficient (Wildman–Crippen LogP) is 3.00. The molecule has 0 bridgehead atoms. The van der Waals surface area contributed by atoms with Crippen molar-refractivity contribution < 1.29 is 4.79 Å². The van der Waals surface area contributed by atoms with Gasteiger partial charge in [0.25, 0.3) is 0 Å². The van der Waals surface area contributed by atoms with Crippen molar-refractivity contribution in [3.05, 3.63) is 54.1 Å². The monoisotopic (exact) mass is 267 g/mol. The normalized spacial score (nSPS) is 17.9. The fourth-order valence-corrected chi connectivity index (χ4v) is 1.87. The van der Waals surface area contributed by atoms with Crippen LogP contribution in [-0.2, 0) is 4.79 Å². The van der Waals surface area contributed by atoms with E-state index >= 15 is 0 Å². The first-order valence-corrected chi connectivity index (χ1v) is 6.45. The number of Topliss-reactive ketones (excluding diaryl/α,β-unsaturated/α-hetero) is 1. The van der Waals surface area contributed by atoms with E-state index in [1.165, 1.54) is 0 Å². The topological polar surface area (TPSA) is 53.8 Å². The van der Waals surface area contributed by atoms with Gasteiger partial charge in [0.15, 0.2) is 0 Å². The number of ketones is 1. The van der Waals surface area contributed by atoms with Gasteiger partial charge in [-0.2, -0.15) is 5.10 Å². The Morgan fingerprint density at radius 3 is 2.70 bits per heavy atom. The zero-order chi connectivity index (χ0) is 14.4. The molecule has 0 heterocycles. The standard InChI is InChI=1S/C16H17N3O/c1-12(18-19-13-8-4-3-5-9-13)14-10-6-7-11-15(17-2)16(14)20/h3-10,19H,11H2,1-2H3/b17-15?,18-12+. The summed E-state index contributed by atoms with van der Waals surface area (Å²) >= 11 is 0. The van der Waals surface area contributed by atoms with Gasteiger partial charge in [0, 0.05) is 19.0 Å². The van der Waals surface area contributed by atoms with E-state index in [2.05, 4.69) is 15.5 Å². The Labute approximate surface area is 118 Å². The van der Waals surface area contributed by atoms with Crippen molar-refractivity contribution in [1.82, 2.24) is 0 Å². The lowest BCUT2D eigenvalue weighted by molar-refractivity contribution is -0.109. The van der Waals surface area contributed by atoms with E-state index in [0.29, 0.717) is 23.4 Å². The number of hydrogen-bond donors (Lipinski definition) is 1. The first kappa shape index (κ1) is 13.9. The van der Waals surface area contributed by atoms with Crippen LogP contribution >= 0.6 is 0 Å². The number of carbonyl (C=O) groups excluding carboxylic acids is 1. The third-order valence-corrected chi connectivity index (χ3v) is 3.00. The highest BCUT2D eigenvalue weighted by molar-refractivity contribution is 6.52. The molecular weight excluding hydrogens is 250 g/mol. The van der Waals surface area contributed by atoms with E-state index in [4.69, 9.17) is 0 Å². The average Bonchev–Trinajstić information content (AvgIpc) is 2.67. The van der Waals surface area contributed by atoms with Gasteiger partial charge in [-0.1, -0.05) is 30.4 Å². The van der Waals surface area contributed by atoms with Crippen LogP contribution in [0.5, 0.6) is 0 Å². The van der Waals surface area contributed by atoms with Crippen molar-refractivity contribution in [3.8, 4) is 0 Å². The molecule has 0 aliphatic heterocycles. The summed E-state index contributed by atoms with van der Waals surface area (Å²) in [7, 11) is 1.64. The second-order valence-corrected chi connectivity index (χ2v) is 4.39. The summed E-state index contributed by atoms with van der Waals surface area (Å²) in [5.41, 5.74) is 5.60. The molecule has 102 valence electrons. The number of hydrazone groups is 1. The number of rotatable bonds is 3. The lowest BCUT2D eigenvalue weighted by Crippen LogP contribution is -2.19. The Morgan fingerprint density at radius 2 is 2.00 bits per heavy atom. The van der Waals surface area contributed by atoms with Gasteiger partial charge < -0.3 is 0 Å². The molecule has 1 aliphatic rings. The Kier molecular flexibility index (Phi) is 4.60. The number of aliphatic imine (C=N–C) groups is 1. The lowest BCUT2D eigenvalue weighted by Gasteiger charge is -2.06. The molecule has 2 rings (SSSR count). The summed E-state index contributed by atoms with van der Waals surface area (Å²) in [5.74, 6) is -0.0615. The minimum atomic E-state index is -0.0615. The largest absolute Gasteiger partial charge is 0.289 e. The van der Waals surface area contributed by atoms with E-state index in [1.807, 2.05) is 49.4 Å². The third kappa shape index (κ3) is 3.29. The Hall–Kier alpha value is -2.49. The Bertz CT molecular complexity index is 610. The fourth-order valence-electron chi connectivity index (χ4n) is 1.87. The van der Waals surface area contributed by atoms with Crippen LogP contribution < -0.4 is 5.43 Å². The molecule has 1 aliphatic carbocycles. The Morgan fingerprint density at radius 1 is 1.25 bits per heavy atom. The number of nitrogens with zero attached hydrogens (tertiary/aromatic N) is 2. The molecule has 0 radical (unpaired) electrons. The summed E-state index contributed by atoms with van der Waals surface area (Å²) in [6, 6.07) is 9.62. The zero-order valence-electron chi connectivity index (χ0n) is 11.6. The smallest absolute Gasteiger partial charge is 0.208 e. The molecule has 1 N–H and O–H groups in total. The van der Waals surface area contributed by atoms with Gasteiger partial charge in [0.2, 0.25) is 5.78 Å². The molecule has 1 aromatic carbocycles. The first-order chi connectivity index (χ1) is 9.72. The molecule has 0 spiro atoms. The van der Waals surface area contributed by atoms with Crippen LogP contribution in [0, 0.1) is 0 Å². The van der Waals surface area contributed by atoms with Gasteiger partial charge in [-0.3, -0.25) is 15.2 Å². The summed E-state index contributed by atoms with van der Waals surface area (Å²) in [6.07, 6.45) is 6.14. The molecule has 0 atom stereocenters. The van der Waals surface area contributed by atoms with Crippen LogP contribution in [0.4, 0.5) is 5.69 Å². The van der Waals surface area contributed by atoms with E-state index in [9.17, 15) is 4.79 Å². The van der Waals surface area contributed by atoms with Gasteiger partial charge in [0.1, 0.15) is 0 Å². The highest BCUT2D eigenvalue weighted by Gasteiger charge is 2.19. The van der Waals surface area contributed by atoms with Crippen molar-refractivity contribution in [2.24, 2.45) is 10.1 Å². The van der Waals surface area contributed by atoms with Crippen molar-refractivity contribution in [1.29, 1.82) is 0 Å². The summed E-state index contributed by atoms with van der Waals surface area (Å²) in [4.78, 5) is 16.3. The molecule has 20 heavy (non-hydrogen) atoms. The molecule has 0 aromatic heterocycles. The minimum Gasteiger partial charge on any atom is -0.289 e. The van der Waals surface area contributed by atoms with Crippen LogP contribution in [0.1, 0.15) is 13.3 Å². The number of anilines is 1. The highest BCUT2D eigenvalue weighted by Crippen LogP contribution is 2.11. The molecule has 4 nitrogen and oxygen atoms in total. The number of nitrogens with one attached hydrogen (secondary N) is 1. The van der Waals surface area contributed by atoms with Crippen LogP contribution in [0.25, 0.3) is 0 Å². The summed E-state index contributed by atoms with van der Waals surface area (Å²) < 4.78 is 0. The van der Waals surface area contributed by atoms with Crippen molar-refractivity contribution in [2.75, 3.05) is 12.5 Å². The van der Waals surface area contributed by atoms with Crippen molar-refractivity contribution in [3.63, 3.8) is 0 Å². The van der Waals surface area contributed by atoms with Crippen LogP contribution in [0.2, 0.25) is 0 Å². The number of hydrogen-bond acceptors (Lipinski definition) is 4. The second-order valence-electron chi connectivity index (χ2n) is 4.39. The maximum Gasteiger partial charge on any atom is 0.208 e. The molecule has 4 heteroatoms. The van der Waals surface area contributed by atoms with E-state index in [1.54, 1.807) is 13.1 Å². The number of benzene rings is 1. The molecule has 1 aromatic rings. The van der Waals surface area contributed by atoms with E-state index in [0.717, 1.165) is 5.69 Å². The van der Waals surface area contributed by atoms with E-state index < -0.39 is 0 Å². The zero-order valence-corrected chi connectivity index (χ0v) is 11.6. The van der Waals surface area contributed by atoms with Crippen LogP contribution in [-0.4, -0.2) is 24.3 Å². The van der Waals surface area contributed by atoms with Crippen LogP contribution in [0.3, 0.4) is 0 Å². The molecule has 0 amide bonds. The van der Waals surface area contributed by atoms with Crippen LogP contribution in [0.15, 0.2) is 64.2 Å². The van der Waals surface area contributed by atoms with E-state index in [-0.39, 0.29) is 5.78 Å². The lowest BCUT2D eigenvalue weighted by atomic mass is 10.0. The van der Waals surface area contributed by atoms with Gasteiger partial charge in [-0.05, 0) is 25.1 Å². The molecule has 0 unspecified atom stereocenters. The second kappa shape index (κ2) is 6.61. The number of allylic oxidation sites excluding steroid dienone is 4. The molecular formula is C16H17N3O. The third-order valence-electron chi connectivity index (χ3n) is 3.00. The SMILES string of the molecule is CN=C1CC=CC=C(/C(C)=N/Nc2ccccc2)C1=O. The quantitative estimate of drug-likeness (QED) is 0.676. The number of para-hydroxylation sites is 1. The highest BCUT2D eigenvalue weighted by atomic mass is 16.1. The van der Waals surface area contributed by atoms with Gasteiger partial charge in [0.05, 0.1) is 17.1 Å². The maximum absolute atomic E-state index is 12.3. The molecule has 0 saturated heterocycles. The summed E-state index contributed by atoms with van der Waals surface area (Å²) in [6.45, 7) is 1.81. The van der Waals surface area contributed by atoms with Gasteiger partial charge in [-0.25, -0.2) is 0 Å². The average molecular weight is 267 g/mol.